The first-order valence-corrected chi connectivity index (χ1v) is 9.71. The fraction of sp³-hybridized carbons (Fsp3) is 0.208. The number of ether oxygens (including phenoxy) is 1. The van der Waals surface area contributed by atoms with Crippen molar-refractivity contribution in [3.05, 3.63) is 83.6 Å². The van der Waals surface area contributed by atoms with E-state index in [9.17, 15) is 0 Å². The van der Waals surface area contributed by atoms with Crippen LogP contribution in [0.15, 0.2) is 66.7 Å². The molecule has 1 N–H and O–H groups in total. The lowest BCUT2D eigenvalue weighted by Gasteiger charge is -2.26. The van der Waals surface area contributed by atoms with Crippen LogP contribution in [0.25, 0.3) is 22.3 Å². The molecule has 0 saturated carbocycles. The van der Waals surface area contributed by atoms with Gasteiger partial charge in [0.05, 0.1) is 23.8 Å². The van der Waals surface area contributed by atoms with Crippen molar-refractivity contribution in [2.24, 2.45) is 0 Å². The van der Waals surface area contributed by atoms with Gasteiger partial charge in [0.1, 0.15) is 5.75 Å². The molecule has 4 heteroatoms. The molecule has 140 valence electrons. The van der Waals surface area contributed by atoms with Gasteiger partial charge in [-0.2, -0.15) is 0 Å². The van der Waals surface area contributed by atoms with E-state index < -0.39 is 0 Å². The van der Waals surface area contributed by atoms with E-state index in [0.29, 0.717) is 0 Å². The summed E-state index contributed by atoms with van der Waals surface area (Å²) in [5.41, 5.74) is 8.29. The summed E-state index contributed by atoms with van der Waals surface area (Å²) < 4.78 is 5.37. The van der Waals surface area contributed by atoms with Crippen molar-refractivity contribution in [3.8, 4) is 17.0 Å². The van der Waals surface area contributed by atoms with Crippen LogP contribution in [-0.4, -0.2) is 28.5 Å². The van der Waals surface area contributed by atoms with E-state index in [0.717, 1.165) is 54.1 Å². The molecule has 0 radical (unpaired) electrons. The molecule has 0 spiro atoms. The number of aromatic nitrogens is 2. The minimum atomic E-state index is 0.851. The molecule has 0 fully saturated rings. The average molecular weight is 369 g/mol. The number of methoxy groups -OCH3 is 1. The Kier molecular flexibility index (Phi) is 4.34. The van der Waals surface area contributed by atoms with Crippen LogP contribution in [-0.2, 0) is 19.5 Å². The van der Waals surface area contributed by atoms with Crippen molar-refractivity contribution < 1.29 is 4.74 Å². The largest absolute Gasteiger partial charge is 0.497 e. The number of nitrogens with zero attached hydrogens (tertiary/aromatic N) is 2. The summed E-state index contributed by atoms with van der Waals surface area (Å²) in [4.78, 5) is 11.1. The molecular weight excluding hydrogens is 346 g/mol. The van der Waals surface area contributed by atoms with E-state index in [1.165, 1.54) is 16.8 Å². The molecule has 28 heavy (non-hydrogen) atoms. The second-order valence-corrected chi connectivity index (χ2v) is 7.35. The molecule has 5 rings (SSSR count). The maximum absolute atomic E-state index is 5.37. The number of hydrogen-bond donors (Lipinski definition) is 1. The third-order valence-electron chi connectivity index (χ3n) is 5.51. The van der Waals surface area contributed by atoms with E-state index in [-0.39, 0.29) is 0 Å². The van der Waals surface area contributed by atoms with Crippen LogP contribution in [0.5, 0.6) is 5.75 Å². The summed E-state index contributed by atoms with van der Waals surface area (Å²) in [6, 6.07) is 23.0. The predicted octanol–water partition coefficient (Wildman–Crippen LogP) is 4.80. The SMILES string of the molecule is COc1cccc(-c2ccc3[nH]c4c(c3n2)CN(Cc2ccccc2)CC4)c1. The molecule has 4 aromatic rings. The number of pyridine rings is 1. The number of benzene rings is 2. The van der Waals surface area contributed by atoms with Crippen LogP contribution in [0.3, 0.4) is 0 Å². The quantitative estimate of drug-likeness (QED) is 0.562. The van der Waals surface area contributed by atoms with Crippen LogP contribution in [0.2, 0.25) is 0 Å². The van der Waals surface area contributed by atoms with E-state index >= 15 is 0 Å². The third-order valence-corrected chi connectivity index (χ3v) is 5.51. The molecule has 3 heterocycles. The van der Waals surface area contributed by atoms with Crippen LogP contribution < -0.4 is 4.74 Å². The Bertz CT molecular complexity index is 1120. The molecule has 0 aliphatic carbocycles. The Morgan fingerprint density at radius 1 is 1.04 bits per heavy atom. The second-order valence-electron chi connectivity index (χ2n) is 7.35. The zero-order valence-electron chi connectivity index (χ0n) is 16.0. The van der Waals surface area contributed by atoms with Gasteiger partial charge in [0.15, 0.2) is 0 Å². The zero-order valence-corrected chi connectivity index (χ0v) is 16.0. The Balaban J connectivity index is 1.48. The molecule has 0 unspecified atom stereocenters. The summed E-state index contributed by atoms with van der Waals surface area (Å²) >= 11 is 0. The maximum atomic E-state index is 5.37. The van der Waals surface area contributed by atoms with E-state index in [1.54, 1.807) is 7.11 Å². The lowest BCUT2D eigenvalue weighted by Crippen LogP contribution is -2.29. The fourth-order valence-electron chi connectivity index (χ4n) is 4.05. The number of H-pyrrole nitrogens is 1. The van der Waals surface area contributed by atoms with Crippen LogP contribution in [0, 0.1) is 0 Å². The first-order chi connectivity index (χ1) is 13.8. The second kappa shape index (κ2) is 7.13. The molecule has 0 bridgehead atoms. The van der Waals surface area contributed by atoms with Gasteiger partial charge < -0.3 is 9.72 Å². The maximum Gasteiger partial charge on any atom is 0.119 e. The number of aromatic amines is 1. The van der Waals surface area contributed by atoms with Gasteiger partial charge in [-0.1, -0.05) is 42.5 Å². The van der Waals surface area contributed by atoms with Crippen molar-refractivity contribution in [1.82, 2.24) is 14.9 Å². The lowest BCUT2D eigenvalue weighted by atomic mass is 10.1. The molecule has 0 saturated heterocycles. The molecule has 0 amide bonds. The van der Waals surface area contributed by atoms with Crippen LogP contribution >= 0.6 is 0 Å². The van der Waals surface area contributed by atoms with Crippen molar-refractivity contribution in [1.29, 1.82) is 0 Å². The molecular formula is C24H23N3O. The summed E-state index contributed by atoms with van der Waals surface area (Å²) in [7, 11) is 1.69. The third kappa shape index (κ3) is 3.16. The highest BCUT2D eigenvalue weighted by molar-refractivity contribution is 5.83. The lowest BCUT2D eigenvalue weighted by molar-refractivity contribution is 0.245. The van der Waals surface area contributed by atoms with Gasteiger partial charge in [-0.3, -0.25) is 4.90 Å². The zero-order chi connectivity index (χ0) is 18.9. The molecule has 2 aromatic carbocycles. The van der Waals surface area contributed by atoms with Gasteiger partial charge in [-0.15, -0.1) is 0 Å². The average Bonchev–Trinajstić information content (AvgIpc) is 3.12. The number of fused-ring (bicyclic) bond motifs is 3. The first kappa shape index (κ1) is 17.0. The highest BCUT2D eigenvalue weighted by Gasteiger charge is 2.22. The van der Waals surface area contributed by atoms with Gasteiger partial charge in [0, 0.05) is 42.9 Å². The van der Waals surface area contributed by atoms with E-state index in [4.69, 9.17) is 9.72 Å². The number of nitrogens with one attached hydrogen (secondary N) is 1. The standard InChI is InChI=1S/C24H23N3O/c1-28-19-9-5-8-18(14-19)21-10-11-23-24(26-21)20-16-27(13-12-22(20)25-23)15-17-6-3-2-4-7-17/h2-11,14,25H,12-13,15-16H2,1H3. The normalized spacial score (nSPS) is 14.2. The minimum absolute atomic E-state index is 0.851. The monoisotopic (exact) mass is 369 g/mol. The molecule has 1 aliphatic heterocycles. The van der Waals surface area contributed by atoms with E-state index in [2.05, 4.69) is 58.4 Å². The Labute approximate surface area is 164 Å². The Morgan fingerprint density at radius 2 is 1.93 bits per heavy atom. The summed E-state index contributed by atoms with van der Waals surface area (Å²) in [6.45, 7) is 2.97. The highest BCUT2D eigenvalue weighted by Crippen LogP contribution is 2.30. The molecule has 1 aliphatic rings. The number of hydrogen-bond acceptors (Lipinski definition) is 3. The van der Waals surface area contributed by atoms with Gasteiger partial charge in [-0.05, 0) is 29.8 Å². The van der Waals surface area contributed by atoms with Crippen molar-refractivity contribution in [3.63, 3.8) is 0 Å². The van der Waals surface area contributed by atoms with Crippen LogP contribution in [0.4, 0.5) is 0 Å². The molecule has 0 atom stereocenters. The van der Waals surface area contributed by atoms with Crippen LogP contribution in [0.1, 0.15) is 16.8 Å². The molecule has 4 nitrogen and oxygen atoms in total. The van der Waals surface area contributed by atoms with E-state index in [1.807, 2.05) is 18.2 Å². The summed E-state index contributed by atoms with van der Waals surface area (Å²) in [6.07, 6.45) is 1.03. The Hall–Kier alpha value is -3.11. The summed E-state index contributed by atoms with van der Waals surface area (Å²) in [5.74, 6) is 0.851. The van der Waals surface area contributed by atoms with Crippen molar-refractivity contribution in [2.45, 2.75) is 19.5 Å². The first-order valence-electron chi connectivity index (χ1n) is 9.71. The van der Waals surface area contributed by atoms with Gasteiger partial charge in [0.25, 0.3) is 0 Å². The van der Waals surface area contributed by atoms with Crippen molar-refractivity contribution in [2.75, 3.05) is 13.7 Å². The molecule has 2 aromatic heterocycles. The fourth-order valence-corrected chi connectivity index (χ4v) is 4.05. The summed E-state index contributed by atoms with van der Waals surface area (Å²) in [5, 5.41) is 0. The predicted molar refractivity (Wildman–Crippen MR) is 112 cm³/mol. The topological polar surface area (TPSA) is 41.1 Å². The van der Waals surface area contributed by atoms with Gasteiger partial charge >= 0.3 is 0 Å². The van der Waals surface area contributed by atoms with Gasteiger partial charge in [0.2, 0.25) is 0 Å². The smallest absolute Gasteiger partial charge is 0.119 e. The minimum Gasteiger partial charge on any atom is -0.497 e. The Morgan fingerprint density at radius 3 is 2.79 bits per heavy atom. The number of rotatable bonds is 4. The highest BCUT2D eigenvalue weighted by atomic mass is 16.5. The van der Waals surface area contributed by atoms with Gasteiger partial charge in [-0.25, -0.2) is 4.98 Å². The van der Waals surface area contributed by atoms with Crippen molar-refractivity contribution >= 4 is 11.0 Å².